The van der Waals surface area contributed by atoms with Crippen molar-refractivity contribution in [3.05, 3.63) is 0 Å². The number of rotatable bonds is 7. The topological polar surface area (TPSA) is 64.3 Å². The van der Waals surface area contributed by atoms with Crippen LogP contribution in [0.4, 0.5) is 8.78 Å². The van der Waals surface area contributed by atoms with Gasteiger partial charge in [-0.25, -0.2) is 8.78 Å². The van der Waals surface area contributed by atoms with Crippen molar-refractivity contribution in [2.75, 3.05) is 19.8 Å². The maximum Gasteiger partial charge on any atom is 0.261 e. The minimum absolute atomic E-state index is 0.0211. The zero-order valence-corrected chi connectivity index (χ0v) is 11.5. The Morgan fingerprint density at radius 1 is 1.47 bits per heavy atom. The molecule has 0 spiro atoms. The number of carbonyl (C=O) groups is 1. The first-order valence-corrected chi connectivity index (χ1v) is 6.84. The molecule has 0 saturated heterocycles. The molecule has 1 amide bonds. The molecule has 4 nitrogen and oxygen atoms in total. The molecule has 112 valence electrons. The van der Waals surface area contributed by atoms with Crippen LogP contribution in [0.2, 0.25) is 0 Å². The Morgan fingerprint density at radius 2 is 2.11 bits per heavy atom. The lowest BCUT2D eigenvalue weighted by Crippen LogP contribution is -2.55. The third-order valence-corrected chi connectivity index (χ3v) is 3.74. The Bertz CT molecular complexity index is 280. The molecule has 3 N–H and O–H groups in total. The van der Waals surface area contributed by atoms with Crippen molar-refractivity contribution in [2.24, 2.45) is 11.7 Å². The Morgan fingerprint density at radius 3 is 2.63 bits per heavy atom. The van der Waals surface area contributed by atoms with E-state index in [4.69, 9.17) is 10.5 Å². The van der Waals surface area contributed by atoms with Crippen LogP contribution >= 0.6 is 0 Å². The molecule has 0 heterocycles. The minimum Gasteiger partial charge on any atom is -0.375 e. The first-order chi connectivity index (χ1) is 8.97. The summed E-state index contributed by atoms with van der Waals surface area (Å²) >= 11 is 0. The molecular weight excluding hydrogens is 254 g/mol. The summed E-state index contributed by atoms with van der Waals surface area (Å²) in [6.45, 7) is 2.02. The molecule has 0 aliphatic heterocycles. The second kappa shape index (κ2) is 7.75. The summed E-state index contributed by atoms with van der Waals surface area (Å²) in [4.78, 5) is 11.8. The van der Waals surface area contributed by atoms with Crippen LogP contribution < -0.4 is 11.1 Å². The van der Waals surface area contributed by atoms with Gasteiger partial charge >= 0.3 is 0 Å². The highest BCUT2D eigenvalue weighted by Crippen LogP contribution is 2.31. The maximum atomic E-state index is 11.8. The monoisotopic (exact) mass is 278 g/mol. The van der Waals surface area contributed by atoms with Gasteiger partial charge in [0.25, 0.3) is 6.43 Å². The summed E-state index contributed by atoms with van der Waals surface area (Å²) < 4.78 is 28.4. The third kappa shape index (κ3) is 5.82. The SMILES string of the molecule is CC1CCC(CN)(NC(=O)CCOCC(F)F)CC1. The van der Waals surface area contributed by atoms with E-state index in [1.165, 1.54) is 0 Å². The third-order valence-electron chi connectivity index (χ3n) is 3.74. The van der Waals surface area contributed by atoms with Crippen molar-refractivity contribution >= 4 is 5.91 Å². The summed E-state index contributed by atoms with van der Waals surface area (Å²) in [5.41, 5.74) is 5.47. The van der Waals surface area contributed by atoms with Crippen molar-refractivity contribution in [3.8, 4) is 0 Å². The van der Waals surface area contributed by atoms with Crippen LogP contribution in [-0.4, -0.2) is 37.6 Å². The Balaban J connectivity index is 2.29. The molecule has 1 saturated carbocycles. The number of halogens is 2. The van der Waals surface area contributed by atoms with Crippen LogP contribution in [0.3, 0.4) is 0 Å². The summed E-state index contributed by atoms with van der Waals surface area (Å²) in [5, 5.41) is 2.96. The number of nitrogens with one attached hydrogen (secondary N) is 1. The first-order valence-electron chi connectivity index (χ1n) is 6.84. The molecule has 1 aliphatic rings. The molecule has 0 atom stereocenters. The van der Waals surface area contributed by atoms with Crippen LogP contribution in [0.25, 0.3) is 0 Å². The van der Waals surface area contributed by atoms with Gasteiger partial charge in [0, 0.05) is 13.0 Å². The van der Waals surface area contributed by atoms with Crippen LogP contribution in [0.5, 0.6) is 0 Å². The lowest BCUT2D eigenvalue weighted by Gasteiger charge is -2.39. The van der Waals surface area contributed by atoms with Gasteiger partial charge in [0.1, 0.15) is 6.61 Å². The average Bonchev–Trinajstić information content (AvgIpc) is 2.38. The van der Waals surface area contributed by atoms with E-state index >= 15 is 0 Å². The smallest absolute Gasteiger partial charge is 0.261 e. The van der Waals surface area contributed by atoms with E-state index in [-0.39, 0.29) is 24.5 Å². The van der Waals surface area contributed by atoms with E-state index in [1.54, 1.807) is 0 Å². The van der Waals surface area contributed by atoms with E-state index in [9.17, 15) is 13.6 Å². The van der Waals surface area contributed by atoms with E-state index in [1.807, 2.05) is 0 Å². The number of hydrogen-bond donors (Lipinski definition) is 2. The summed E-state index contributed by atoms with van der Waals surface area (Å²) in [7, 11) is 0. The van der Waals surface area contributed by atoms with Gasteiger partial charge in [0.15, 0.2) is 0 Å². The van der Waals surface area contributed by atoms with Crippen LogP contribution in [-0.2, 0) is 9.53 Å². The van der Waals surface area contributed by atoms with Gasteiger partial charge in [-0.1, -0.05) is 6.92 Å². The molecule has 19 heavy (non-hydrogen) atoms. The number of nitrogens with two attached hydrogens (primary N) is 1. The molecular formula is C13H24F2N2O2. The number of hydrogen-bond acceptors (Lipinski definition) is 3. The predicted molar refractivity (Wildman–Crippen MR) is 69.0 cm³/mol. The fraction of sp³-hybridized carbons (Fsp3) is 0.923. The second-order valence-electron chi connectivity index (χ2n) is 5.43. The second-order valence-corrected chi connectivity index (χ2v) is 5.43. The molecule has 6 heteroatoms. The van der Waals surface area contributed by atoms with Crippen LogP contribution in [0, 0.1) is 5.92 Å². The fourth-order valence-electron chi connectivity index (χ4n) is 2.39. The van der Waals surface area contributed by atoms with E-state index in [0.717, 1.165) is 25.7 Å². The van der Waals surface area contributed by atoms with Crippen molar-refractivity contribution in [1.82, 2.24) is 5.32 Å². The normalized spacial score (nSPS) is 27.5. The molecule has 0 unspecified atom stereocenters. The van der Waals surface area contributed by atoms with Crippen molar-refractivity contribution in [2.45, 2.75) is 51.0 Å². The van der Waals surface area contributed by atoms with E-state index in [0.29, 0.717) is 12.5 Å². The standard InChI is InChI=1S/C13H24F2N2O2/c1-10-2-5-13(9-16,6-3-10)17-12(18)4-7-19-8-11(14)15/h10-11H,2-9,16H2,1H3,(H,17,18). The lowest BCUT2D eigenvalue weighted by atomic mass is 9.77. The Labute approximate surface area is 113 Å². The van der Waals surface area contributed by atoms with Crippen molar-refractivity contribution < 1.29 is 18.3 Å². The lowest BCUT2D eigenvalue weighted by molar-refractivity contribution is -0.125. The molecule has 1 fully saturated rings. The highest BCUT2D eigenvalue weighted by atomic mass is 19.3. The summed E-state index contributed by atoms with van der Waals surface area (Å²) in [5.74, 6) is 0.500. The molecule has 0 aromatic carbocycles. The Hall–Kier alpha value is -0.750. The molecule has 1 rings (SSSR count). The number of alkyl halides is 2. The zero-order valence-electron chi connectivity index (χ0n) is 11.5. The van der Waals surface area contributed by atoms with E-state index in [2.05, 4.69) is 12.2 Å². The molecule has 0 aromatic rings. The number of amides is 1. The Kier molecular flexibility index (Phi) is 6.65. The van der Waals surface area contributed by atoms with Gasteiger partial charge in [0.05, 0.1) is 12.1 Å². The van der Waals surface area contributed by atoms with Crippen LogP contribution in [0.1, 0.15) is 39.0 Å². The highest BCUT2D eigenvalue weighted by molar-refractivity contribution is 5.77. The minimum atomic E-state index is -2.49. The molecule has 0 radical (unpaired) electrons. The fourth-order valence-corrected chi connectivity index (χ4v) is 2.39. The first kappa shape index (κ1) is 16.3. The van der Waals surface area contributed by atoms with Gasteiger partial charge in [-0.2, -0.15) is 0 Å². The maximum absolute atomic E-state index is 11.8. The molecule has 0 bridgehead atoms. The number of carbonyl (C=O) groups excluding carboxylic acids is 1. The molecule has 0 aromatic heterocycles. The van der Waals surface area contributed by atoms with Gasteiger partial charge < -0.3 is 15.8 Å². The average molecular weight is 278 g/mol. The van der Waals surface area contributed by atoms with E-state index < -0.39 is 13.0 Å². The highest BCUT2D eigenvalue weighted by Gasteiger charge is 2.34. The van der Waals surface area contributed by atoms with Gasteiger partial charge in [0.2, 0.25) is 5.91 Å². The van der Waals surface area contributed by atoms with Gasteiger partial charge in [-0.05, 0) is 31.6 Å². The number of ether oxygens (including phenoxy) is 1. The quantitative estimate of drug-likeness (QED) is 0.696. The molecule has 1 aliphatic carbocycles. The van der Waals surface area contributed by atoms with Crippen molar-refractivity contribution in [3.63, 3.8) is 0 Å². The summed E-state index contributed by atoms with van der Waals surface area (Å²) in [6.07, 6.45) is 1.49. The predicted octanol–water partition coefficient (Wildman–Crippen LogP) is 1.68. The van der Waals surface area contributed by atoms with Crippen LogP contribution in [0.15, 0.2) is 0 Å². The van der Waals surface area contributed by atoms with Gasteiger partial charge in [-0.15, -0.1) is 0 Å². The summed E-state index contributed by atoms with van der Waals surface area (Å²) in [6, 6.07) is 0. The van der Waals surface area contributed by atoms with Gasteiger partial charge in [-0.3, -0.25) is 4.79 Å². The largest absolute Gasteiger partial charge is 0.375 e. The van der Waals surface area contributed by atoms with Crippen molar-refractivity contribution in [1.29, 1.82) is 0 Å². The zero-order chi connectivity index (χ0) is 14.3.